The fourth-order valence-corrected chi connectivity index (χ4v) is 5.14. The molecule has 1 saturated heterocycles. The summed E-state index contributed by atoms with van der Waals surface area (Å²) >= 11 is 0. The molecule has 2 aliphatic rings. The number of nitrogens with one attached hydrogen (secondary N) is 1. The largest absolute Gasteiger partial charge is 0.455 e. The van der Waals surface area contributed by atoms with E-state index in [9.17, 15) is 9.59 Å². The number of carbonyl (C=O) groups excluding carboxylic acids is 2. The highest BCUT2D eigenvalue weighted by atomic mass is 16.3. The first-order valence-corrected chi connectivity index (χ1v) is 13.6. The summed E-state index contributed by atoms with van der Waals surface area (Å²) in [5.41, 5.74) is 4.46. The molecule has 8 heteroatoms. The number of para-hydroxylation sites is 1. The summed E-state index contributed by atoms with van der Waals surface area (Å²) in [6, 6.07) is 27.2. The van der Waals surface area contributed by atoms with E-state index in [2.05, 4.69) is 41.4 Å². The standard InChI is InChI=1S/C32H31N5O3/c1-22-11-13-23(14-12-22)26-20-27(29-19-25-9-5-6-10-28(25)40-29)34-32(33-26)35-30(38)21-36-15-17-37(18-16-36)31(39)24-7-3-2-4-8-24/h2-14,19,26H,15-18,20-21H2,1H3,(H,33,35,38). The first kappa shape index (κ1) is 25.7. The lowest BCUT2D eigenvalue weighted by molar-refractivity contribution is -0.121. The van der Waals surface area contributed by atoms with E-state index in [1.54, 1.807) is 0 Å². The van der Waals surface area contributed by atoms with Gasteiger partial charge < -0.3 is 9.32 Å². The highest BCUT2D eigenvalue weighted by Gasteiger charge is 2.26. The third-order valence-corrected chi connectivity index (χ3v) is 7.38. The summed E-state index contributed by atoms with van der Waals surface area (Å²) in [6.45, 7) is 4.66. The van der Waals surface area contributed by atoms with Gasteiger partial charge in [-0.15, -0.1) is 0 Å². The Kier molecular flexibility index (Phi) is 7.25. The van der Waals surface area contributed by atoms with E-state index in [1.807, 2.05) is 65.6 Å². The van der Waals surface area contributed by atoms with Gasteiger partial charge in [0.15, 0.2) is 0 Å². The minimum Gasteiger partial charge on any atom is -0.455 e. The van der Waals surface area contributed by atoms with E-state index < -0.39 is 0 Å². The molecule has 0 saturated carbocycles. The van der Waals surface area contributed by atoms with Crippen molar-refractivity contribution in [3.63, 3.8) is 0 Å². The van der Waals surface area contributed by atoms with Crippen molar-refractivity contribution >= 4 is 34.5 Å². The van der Waals surface area contributed by atoms with Crippen LogP contribution in [-0.4, -0.2) is 66.0 Å². The number of aliphatic imine (C=N–C) groups is 2. The average molecular weight is 534 g/mol. The molecule has 1 atom stereocenters. The molecule has 1 fully saturated rings. The van der Waals surface area contributed by atoms with Crippen LogP contribution in [-0.2, 0) is 4.79 Å². The highest BCUT2D eigenvalue weighted by Crippen LogP contribution is 2.29. The lowest BCUT2D eigenvalue weighted by Crippen LogP contribution is -2.51. The van der Waals surface area contributed by atoms with Crippen LogP contribution in [0.5, 0.6) is 0 Å². The molecule has 0 radical (unpaired) electrons. The average Bonchev–Trinajstić information content (AvgIpc) is 3.42. The van der Waals surface area contributed by atoms with Crippen LogP contribution in [0.15, 0.2) is 99.3 Å². The summed E-state index contributed by atoms with van der Waals surface area (Å²) in [7, 11) is 0. The van der Waals surface area contributed by atoms with Crippen LogP contribution in [0.1, 0.15) is 39.7 Å². The molecular weight excluding hydrogens is 502 g/mol. The van der Waals surface area contributed by atoms with Crippen LogP contribution in [0.25, 0.3) is 11.0 Å². The Morgan fingerprint density at radius 2 is 1.65 bits per heavy atom. The third-order valence-electron chi connectivity index (χ3n) is 7.38. The molecule has 1 unspecified atom stereocenters. The van der Waals surface area contributed by atoms with Crippen LogP contribution in [0, 0.1) is 6.92 Å². The minimum atomic E-state index is -0.191. The second-order valence-electron chi connectivity index (χ2n) is 10.3. The zero-order chi connectivity index (χ0) is 27.5. The molecule has 0 spiro atoms. The van der Waals surface area contributed by atoms with Crippen molar-refractivity contribution in [2.45, 2.75) is 19.4 Å². The van der Waals surface area contributed by atoms with Gasteiger partial charge in [-0.1, -0.05) is 66.2 Å². The summed E-state index contributed by atoms with van der Waals surface area (Å²) in [5.74, 6) is 0.809. The summed E-state index contributed by atoms with van der Waals surface area (Å²) in [6.07, 6.45) is 0.569. The van der Waals surface area contributed by atoms with Gasteiger partial charge in [-0.05, 0) is 36.8 Å². The van der Waals surface area contributed by atoms with Crippen molar-refractivity contribution in [2.75, 3.05) is 32.7 Å². The maximum absolute atomic E-state index is 13.1. The molecule has 1 N–H and O–H groups in total. The third kappa shape index (κ3) is 5.72. The fraction of sp³-hybridized carbons (Fsp3) is 0.250. The SMILES string of the molecule is Cc1ccc(C2CC(c3cc4ccccc4o3)=NC(NC(=O)CN3CCN(C(=O)c4ccccc4)CC3)=N2)cc1. The first-order valence-electron chi connectivity index (χ1n) is 13.6. The van der Waals surface area contributed by atoms with E-state index in [0.29, 0.717) is 43.9 Å². The number of nitrogens with zero attached hydrogens (tertiary/aromatic N) is 4. The van der Waals surface area contributed by atoms with E-state index in [0.717, 1.165) is 22.2 Å². The van der Waals surface area contributed by atoms with Gasteiger partial charge in [-0.3, -0.25) is 19.8 Å². The molecule has 3 aromatic carbocycles. The Bertz CT molecular complexity index is 1550. The van der Waals surface area contributed by atoms with Crippen molar-refractivity contribution in [1.82, 2.24) is 15.1 Å². The molecule has 2 aliphatic heterocycles. The zero-order valence-electron chi connectivity index (χ0n) is 22.4. The van der Waals surface area contributed by atoms with Gasteiger partial charge in [-0.2, -0.15) is 0 Å². The van der Waals surface area contributed by atoms with Crippen LogP contribution in [0.3, 0.4) is 0 Å². The molecule has 8 nitrogen and oxygen atoms in total. The van der Waals surface area contributed by atoms with Crippen molar-refractivity contribution in [1.29, 1.82) is 0 Å². The molecule has 0 aliphatic carbocycles. The van der Waals surface area contributed by atoms with Crippen LogP contribution in [0.2, 0.25) is 0 Å². The number of hydrogen-bond donors (Lipinski definition) is 1. The number of hydrogen-bond acceptors (Lipinski definition) is 6. The second kappa shape index (κ2) is 11.3. The molecule has 3 heterocycles. The summed E-state index contributed by atoms with van der Waals surface area (Å²) in [4.78, 5) is 39.2. The minimum absolute atomic E-state index is 0.0239. The predicted octanol–water partition coefficient (Wildman–Crippen LogP) is 4.61. The van der Waals surface area contributed by atoms with Crippen molar-refractivity contribution < 1.29 is 14.0 Å². The van der Waals surface area contributed by atoms with Crippen LogP contribution >= 0.6 is 0 Å². The topological polar surface area (TPSA) is 90.5 Å². The van der Waals surface area contributed by atoms with Crippen molar-refractivity contribution in [3.05, 3.63) is 107 Å². The van der Waals surface area contributed by atoms with Gasteiger partial charge in [-0.25, -0.2) is 9.98 Å². The molecule has 0 bridgehead atoms. The Morgan fingerprint density at radius 1 is 0.925 bits per heavy atom. The van der Waals surface area contributed by atoms with Crippen LogP contribution in [0.4, 0.5) is 0 Å². The Balaban J connectivity index is 1.14. The normalized spacial score (nSPS) is 17.8. The van der Waals surface area contributed by atoms with Gasteiger partial charge in [0.25, 0.3) is 5.91 Å². The molecule has 1 aromatic heterocycles. The summed E-state index contributed by atoms with van der Waals surface area (Å²) < 4.78 is 6.11. The molecule has 202 valence electrons. The first-order chi connectivity index (χ1) is 19.5. The number of fused-ring (bicyclic) bond motifs is 1. The number of rotatable bonds is 5. The Hall–Kier alpha value is -4.56. The van der Waals surface area contributed by atoms with Crippen LogP contribution < -0.4 is 5.32 Å². The predicted molar refractivity (Wildman–Crippen MR) is 156 cm³/mol. The van der Waals surface area contributed by atoms with Crippen molar-refractivity contribution in [2.24, 2.45) is 9.98 Å². The lowest BCUT2D eigenvalue weighted by atomic mass is 9.98. The number of benzene rings is 3. The van der Waals surface area contributed by atoms with Gasteiger partial charge >= 0.3 is 0 Å². The number of piperazine rings is 1. The Morgan fingerprint density at radius 3 is 2.40 bits per heavy atom. The van der Waals surface area contributed by atoms with E-state index in [-0.39, 0.29) is 30.4 Å². The quantitative estimate of drug-likeness (QED) is 0.406. The molecule has 40 heavy (non-hydrogen) atoms. The van der Waals surface area contributed by atoms with Gasteiger partial charge in [0.2, 0.25) is 11.9 Å². The highest BCUT2D eigenvalue weighted by molar-refractivity contribution is 6.11. The number of furan rings is 1. The van der Waals surface area contributed by atoms with E-state index in [1.165, 1.54) is 5.56 Å². The molecular formula is C32H31N5O3. The monoisotopic (exact) mass is 533 g/mol. The van der Waals surface area contributed by atoms with Crippen molar-refractivity contribution in [3.8, 4) is 0 Å². The zero-order valence-corrected chi connectivity index (χ0v) is 22.4. The number of aryl methyl sites for hydroxylation is 1. The fourth-order valence-electron chi connectivity index (χ4n) is 5.14. The van der Waals surface area contributed by atoms with Gasteiger partial charge in [0, 0.05) is 43.5 Å². The molecule has 6 rings (SSSR count). The molecule has 4 aromatic rings. The maximum atomic E-state index is 13.1. The second-order valence-corrected chi connectivity index (χ2v) is 10.3. The lowest BCUT2D eigenvalue weighted by Gasteiger charge is -2.34. The number of guanidine groups is 1. The van der Waals surface area contributed by atoms with E-state index in [4.69, 9.17) is 14.4 Å². The maximum Gasteiger partial charge on any atom is 0.253 e. The number of amides is 2. The van der Waals surface area contributed by atoms with Gasteiger partial charge in [0.1, 0.15) is 11.3 Å². The Labute approximate surface area is 233 Å². The number of carbonyl (C=O) groups is 2. The van der Waals surface area contributed by atoms with Gasteiger partial charge in [0.05, 0.1) is 18.3 Å². The summed E-state index contributed by atoms with van der Waals surface area (Å²) in [5, 5.41) is 3.94. The molecule has 2 amide bonds. The van der Waals surface area contributed by atoms with E-state index >= 15 is 0 Å². The smallest absolute Gasteiger partial charge is 0.253 e.